The van der Waals surface area contributed by atoms with E-state index in [0.29, 0.717) is 5.02 Å². The second kappa shape index (κ2) is 3.45. The number of halogens is 1. The Labute approximate surface area is 75.0 Å². The van der Waals surface area contributed by atoms with Gasteiger partial charge in [0.2, 0.25) is 0 Å². The fourth-order valence-electron chi connectivity index (χ4n) is 0.822. The average Bonchev–Trinajstić information content (AvgIpc) is 2.08. The molecule has 0 unspecified atom stereocenters. The average molecular weight is 186 g/mol. The molecule has 0 saturated heterocycles. The number of hydrogen-bond donors (Lipinski definition) is 2. The zero-order valence-corrected chi connectivity index (χ0v) is 7.22. The number of rotatable bonds is 1. The Balaban J connectivity index is 3.13. The molecule has 64 valence electrons. The van der Waals surface area contributed by atoms with Gasteiger partial charge in [0.15, 0.2) is 0 Å². The number of amides is 1. The number of nitrogens with one attached hydrogen (secondary N) is 1. The molecule has 12 heavy (non-hydrogen) atoms. The molecule has 0 spiro atoms. The number of benzene rings is 1. The van der Waals surface area contributed by atoms with E-state index >= 15 is 0 Å². The third-order valence-corrected chi connectivity index (χ3v) is 1.75. The number of aromatic hydroxyl groups is 1. The Morgan fingerprint density at radius 3 is 2.83 bits per heavy atom. The lowest BCUT2D eigenvalue weighted by Gasteiger charge is -2.02. The van der Waals surface area contributed by atoms with Crippen LogP contribution in [0, 0.1) is 0 Å². The molecule has 0 fully saturated rings. The molecule has 0 aliphatic rings. The van der Waals surface area contributed by atoms with Crippen LogP contribution < -0.4 is 5.32 Å². The summed E-state index contributed by atoms with van der Waals surface area (Å²) in [6.07, 6.45) is 0. The lowest BCUT2D eigenvalue weighted by Crippen LogP contribution is -2.17. The van der Waals surface area contributed by atoms with E-state index < -0.39 is 0 Å². The highest BCUT2D eigenvalue weighted by molar-refractivity contribution is 6.33. The maximum atomic E-state index is 11.1. The quantitative estimate of drug-likeness (QED) is 0.695. The van der Waals surface area contributed by atoms with Gasteiger partial charge in [-0.05, 0) is 18.2 Å². The molecule has 0 heterocycles. The molecule has 0 aromatic heterocycles. The van der Waals surface area contributed by atoms with Crippen molar-refractivity contribution in [2.24, 2.45) is 0 Å². The first-order valence-electron chi connectivity index (χ1n) is 3.35. The summed E-state index contributed by atoms with van der Waals surface area (Å²) in [6.45, 7) is 0. The van der Waals surface area contributed by atoms with Gasteiger partial charge in [0.05, 0.1) is 10.6 Å². The van der Waals surface area contributed by atoms with E-state index in [1.54, 1.807) is 0 Å². The Hall–Kier alpha value is -1.22. The van der Waals surface area contributed by atoms with E-state index in [1.807, 2.05) is 0 Å². The molecular weight excluding hydrogens is 178 g/mol. The van der Waals surface area contributed by atoms with E-state index in [9.17, 15) is 4.79 Å². The highest BCUT2D eigenvalue weighted by atomic mass is 35.5. The predicted molar refractivity (Wildman–Crippen MR) is 46.5 cm³/mol. The molecule has 1 aromatic rings. The van der Waals surface area contributed by atoms with Crippen molar-refractivity contribution in [3.05, 3.63) is 28.8 Å². The summed E-state index contributed by atoms with van der Waals surface area (Å²) in [6, 6.07) is 4.22. The summed E-state index contributed by atoms with van der Waals surface area (Å²) in [5.74, 6) is -0.283. The fourth-order valence-corrected chi connectivity index (χ4v) is 1.03. The zero-order chi connectivity index (χ0) is 9.14. The van der Waals surface area contributed by atoms with Gasteiger partial charge in [-0.25, -0.2) is 0 Å². The van der Waals surface area contributed by atoms with Crippen LogP contribution in [0.4, 0.5) is 0 Å². The van der Waals surface area contributed by atoms with Crippen molar-refractivity contribution in [3.63, 3.8) is 0 Å². The summed E-state index contributed by atoms with van der Waals surface area (Å²) < 4.78 is 0. The first-order chi connectivity index (χ1) is 5.65. The highest BCUT2D eigenvalue weighted by Crippen LogP contribution is 2.20. The lowest BCUT2D eigenvalue weighted by atomic mass is 10.2. The molecule has 1 aromatic carbocycles. The predicted octanol–water partition coefficient (Wildman–Crippen LogP) is 1.41. The molecule has 4 heteroatoms. The van der Waals surface area contributed by atoms with E-state index in [0.717, 1.165) is 0 Å². The fraction of sp³-hybridized carbons (Fsp3) is 0.125. The Morgan fingerprint density at radius 1 is 1.58 bits per heavy atom. The van der Waals surface area contributed by atoms with Crippen molar-refractivity contribution in [1.29, 1.82) is 0 Å². The van der Waals surface area contributed by atoms with Crippen LogP contribution in [0.5, 0.6) is 5.75 Å². The second-order valence-corrected chi connectivity index (χ2v) is 2.65. The molecule has 1 amide bonds. The Kier molecular flexibility index (Phi) is 2.55. The molecule has 0 aliphatic heterocycles. The van der Waals surface area contributed by atoms with Crippen LogP contribution in [0.2, 0.25) is 5.02 Å². The summed E-state index contributed by atoms with van der Waals surface area (Å²) in [5.41, 5.74) is 0.277. The third-order valence-electron chi connectivity index (χ3n) is 1.42. The van der Waals surface area contributed by atoms with Crippen molar-refractivity contribution < 1.29 is 9.90 Å². The number of carbonyl (C=O) groups excluding carboxylic acids is 1. The minimum atomic E-state index is -0.309. The van der Waals surface area contributed by atoms with Gasteiger partial charge in [0.1, 0.15) is 5.75 Å². The van der Waals surface area contributed by atoms with Gasteiger partial charge >= 0.3 is 0 Å². The van der Waals surface area contributed by atoms with Gasteiger partial charge < -0.3 is 10.4 Å². The largest absolute Gasteiger partial charge is 0.508 e. The molecule has 1 rings (SSSR count). The van der Waals surface area contributed by atoms with Crippen LogP contribution in [0.1, 0.15) is 10.4 Å². The van der Waals surface area contributed by atoms with Crippen molar-refractivity contribution in [2.75, 3.05) is 7.05 Å². The lowest BCUT2D eigenvalue weighted by molar-refractivity contribution is 0.0963. The van der Waals surface area contributed by atoms with E-state index in [-0.39, 0.29) is 17.2 Å². The summed E-state index contributed by atoms with van der Waals surface area (Å²) >= 11 is 5.70. The molecule has 0 saturated carbocycles. The van der Waals surface area contributed by atoms with Crippen molar-refractivity contribution in [3.8, 4) is 5.75 Å². The van der Waals surface area contributed by atoms with Crippen molar-refractivity contribution >= 4 is 17.5 Å². The van der Waals surface area contributed by atoms with E-state index in [1.165, 1.54) is 25.2 Å². The molecule has 0 radical (unpaired) electrons. The Morgan fingerprint density at radius 2 is 2.25 bits per heavy atom. The first kappa shape index (κ1) is 8.87. The minimum Gasteiger partial charge on any atom is -0.508 e. The van der Waals surface area contributed by atoms with Gasteiger partial charge in [-0.1, -0.05) is 11.6 Å². The molecule has 3 nitrogen and oxygen atoms in total. The van der Waals surface area contributed by atoms with Crippen LogP contribution in [-0.2, 0) is 0 Å². The van der Waals surface area contributed by atoms with E-state index in [2.05, 4.69) is 5.32 Å². The monoisotopic (exact) mass is 185 g/mol. The first-order valence-corrected chi connectivity index (χ1v) is 3.73. The van der Waals surface area contributed by atoms with Crippen LogP contribution in [0.15, 0.2) is 18.2 Å². The van der Waals surface area contributed by atoms with Gasteiger partial charge in [0.25, 0.3) is 5.91 Å². The molecule has 0 aliphatic carbocycles. The molecular formula is C8H8ClNO2. The maximum Gasteiger partial charge on any atom is 0.252 e. The van der Waals surface area contributed by atoms with Gasteiger partial charge in [-0.15, -0.1) is 0 Å². The van der Waals surface area contributed by atoms with Crippen molar-refractivity contribution in [2.45, 2.75) is 0 Å². The third kappa shape index (κ3) is 1.68. The van der Waals surface area contributed by atoms with Gasteiger partial charge in [-0.2, -0.15) is 0 Å². The molecule has 0 atom stereocenters. The van der Waals surface area contributed by atoms with E-state index in [4.69, 9.17) is 16.7 Å². The van der Waals surface area contributed by atoms with Crippen molar-refractivity contribution in [1.82, 2.24) is 5.32 Å². The SMILES string of the molecule is CNC(=O)c1cc(O)ccc1Cl. The summed E-state index contributed by atoms with van der Waals surface area (Å²) in [7, 11) is 1.50. The smallest absolute Gasteiger partial charge is 0.252 e. The van der Waals surface area contributed by atoms with Crippen LogP contribution in [-0.4, -0.2) is 18.1 Å². The maximum absolute atomic E-state index is 11.1. The summed E-state index contributed by atoms with van der Waals surface area (Å²) in [4.78, 5) is 11.1. The summed E-state index contributed by atoms with van der Waals surface area (Å²) in [5, 5.41) is 11.8. The van der Waals surface area contributed by atoms with Crippen LogP contribution in [0.3, 0.4) is 0 Å². The van der Waals surface area contributed by atoms with Gasteiger partial charge in [0, 0.05) is 7.05 Å². The number of phenols is 1. The minimum absolute atomic E-state index is 0.0259. The van der Waals surface area contributed by atoms with Gasteiger partial charge in [-0.3, -0.25) is 4.79 Å². The molecule has 0 bridgehead atoms. The zero-order valence-electron chi connectivity index (χ0n) is 6.47. The van der Waals surface area contributed by atoms with Crippen LogP contribution >= 0.6 is 11.6 Å². The number of hydrogen-bond acceptors (Lipinski definition) is 2. The van der Waals surface area contributed by atoms with Crippen LogP contribution in [0.25, 0.3) is 0 Å². The highest BCUT2D eigenvalue weighted by Gasteiger charge is 2.08. The number of phenolic OH excluding ortho intramolecular Hbond substituents is 1. The Bertz CT molecular complexity index is 312. The topological polar surface area (TPSA) is 49.3 Å². The standard InChI is InChI=1S/C8H8ClNO2/c1-10-8(12)6-4-5(11)2-3-7(6)9/h2-4,11H,1H3,(H,10,12). The second-order valence-electron chi connectivity index (χ2n) is 2.24. The normalized spacial score (nSPS) is 9.50. The number of carbonyl (C=O) groups is 1. The molecule has 2 N–H and O–H groups in total.